The van der Waals surface area contributed by atoms with Crippen molar-refractivity contribution in [3.05, 3.63) is 46.1 Å². The fourth-order valence-electron chi connectivity index (χ4n) is 1.37. The van der Waals surface area contributed by atoms with E-state index < -0.39 is 12.0 Å². The molecule has 1 aromatic rings. The van der Waals surface area contributed by atoms with Crippen LogP contribution in [-0.2, 0) is 16.1 Å². The Morgan fingerprint density at radius 2 is 1.68 bits per heavy atom. The predicted octanol–water partition coefficient (Wildman–Crippen LogP) is 1.74. The summed E-state index contributed by atoms with van der Waals surface area (Å²) < 4.78 is 13.5. The first-order chi connectivity index (χ1) is 9.10. The van der Waals surface area contributed by atoms with Crippen LogP contribution in [0.1, 0.15) is 5.56 Å². The third kappa shape index (κ3) is 4.05. The van der Waals surface area contributed by atoms with Crippen LogP contribution in [0.3, 0.4) is 0 Å². The lowest BCUT2D eigenvalue weighted by Crippen LogP contribution is -2.32. The first-order valence-electron chi connectivity index (χ1n) is 5.24. The average molecular weight is 272 g/mol. The zero-order chi connectivity index (χ0) is 14.3. The molecule has 0 aliphatic heterocycles. The van der Waals surface area contributed by atoms with Gasteiger partial charge in [-0.25, -0.2) is 4.39 Å². The van der Waals surface area contributed by atoms with Gasteiger partial charge in [0, 0.05) is 15.3 Å². The highest BCUT2D eigenvalue weighted by atomic mass is 19.1. The molecule has 1 rings (SSSR count). The van der Waals surface area contributed by atoms with Crippen LogP contribution in [0.15, 0.2) is 34.8 Å². The summed E-state index contributed by atoms with van der Waals surface area (Å²) in [5, 5.41) is 29.1. The molecule has 0 radical (unpaired) electrons. The topological polar surface area (TPSA) is 95.3 Å². The molecular formula is C10H13FN4O4. The SMILES string of the molecule is CON=[N+]([O-])C(Cc1ccccc1F)[N+]([O-])=NOC. The third-order valence-corrected chi connectivity index (χ3v) is 2.19. The number of hydrogen-bond acceptors (Lipinski definition) is 6. The van der Waals surface area contributed by atoms with Crippen LogP contribution >= 0.6 is 0 Å². The van der Waals surface area contributed by atoms with Gasteiger partial charge >= 0.3 is 6.17 Å². The molecule has 0 fully saturated rings. The normalized spacial score (nSPS) is 14.1. The van der Waals surface area contributed by atoms with Crippen molar-refractivity contribution in [1.82, 2.24) is 0 Å². The van der Waals surface area contributed by atoms with Gasteiger partial charge in [0.1, 0.15) is 26.5 Å². The minimum Gasteiger partial charge on any atom is -0.592 e. The summed E-state index contributed by atoms with van der Waals surface area (Å²) in [7, 11) is 2.29. The fourth-order valence-corrected chi connectivity index (χ4v) is 1.37. The summed E-state index contributed by atoms with van der Waals surface area (Å²) >= 11 is 0. The van der Waals surface area contributed by atoms with Gasteiger partial charge in [0.25, 0.3) is 0 Å². The molecule has 0 saturated heterocycles. The molecule has 0 aliphatic rings. The van der Waals surface area contributed by atoms with Gasteiger partial charge in [-0.05, 0) is 6.07 Å². The van der Waals surface area contributed by atoms with Crippen molar-refractivity contribution < 1.29 is 23.8 Å². The van der Waals surface area contributed by atoms with Crippen LogP contribution in [0, 0.1) is 16.2 Å². The van der Waals surface area contributed by atoms with E-state index in [1.807, 2.05) is 0 Å². The van der Waals surface area contributed by atoms with Crippen molar-refractivity contribution in [3.63, 3.8) is 0 Å². The zero-order valence-corrected chi connectivity index (χ0v) is 10.4. The maximum Gasteiger partial charge on any atom is 0.420 e. The molecule has 0 saturated carbocycles. The Labute approximate surface area is 108 Å². The molecule has 19 heavy (non-hydrogen) atoms. The van der Waals surface area contributed by atoms with Crippen molar-refractivity contribution in [2.24, 2.45) is 10.6 Å². The van der Waals surface area contributed by atoms with Crippen LogP contribution in [0.25, 0.3) is 0 Å². The van der Waals surface area contributed by atoms with E-state index in [1.54, 1.807) is 6.07 Å². The Kier molecular flexibility index (Phi) is 5.45. The van der Waals surface area contributed by atoms with Gasteiger partial charge in [0.15, 0.2) is 0 Å². The summed E-state index contributed by atoms with van der Waals surface area (Å²) in [5.41, 5.74) is 0.173. The average Bonchev–Trinajstić information content (AvgIpc) is 2.38. The summed E-state index contributed by atoms with van der Waals surface area (Å²) in [6.45, 7) is 0. The lowest BCUT2D eigenvalue weighted by atomic mass is 10.1. The van der Waals surface area contributed by atoms with Crippen LogP contribution in [0.2, 0.25) is 0 Å². The van der Waals surface area contributed by atoms with Crippen molar-refractivity contribution in [2.45, 2.75) is 12.6 Å². The Balaban J connectivity index is 3.02. The van der Waals surface area contributed by atoms with Gasteiger partial charge in [0.2, 0.25) is 10.6 Å². The molecule has 1 aromatic carbocycles. The molecule has 0 bridgehead atoms. The molecule has 0 N–H and O–H groups in total. The number of benzene rings is 1. The standard InChI is InChI=1S/C10H13FN4O4/c1-18-12-14(16)10(15(17)13-19-2)7-8-5-3-4-6-9(8)11/h3-6,10H,7H2,1-2H3. The van der Waals surface area contributed by atoms with Crippen molar-refractivity contribution in [3.8, 4) is 0 Å². The summed E-state index contributed by atoms with van der Waals surface area (Å²) in [6, 6.07) is 5.75. The van der Waals surface area contributed by atoms with E-state index in [0.717, 1.165) is 14.2 Å². The zero-order valence-electron chi connectivity index (χ0n) is 10.4. The molecule has 0 unspecified atom stereocenters. The second kappa shape index (κ2) is 7.09. The van der Waals surface area contributed by atoms with Gasteiger partial charge in [-0.2, -0.15) is 0 Å². The summed E-state index contributed by atoms with van der Waals surface area (Å²) in [5.74, 6) is -0.538. The quantitative estimate of drug-likeness (QED) is 0.341. The number of rotatable bonds is 6. The van der Waals surface area contributed by atoms with E-state index in [-0.39, 0.29) is 21.7 Å². The van der Waals surface area contributed by atoms with E-state index in [9.17, 15) is 14.8 Å². The van der Waals surface area contributed by atoms with E-state index in [2.05, 4.69) is 20.2 Å². The number of hydroxylamine groups is 2. The van der Waals surface area contributed by atoms with E-state index >= 15 is 0 Å². The Hall–Kier alpha value is -2.45. The van der Waals surface area contributed by atoms with Gasteiger partial charge in [0.05, 0.1) is 0 Å². The molecule has 0 heterocycles. The van der Waals surface area contributed by atoms with E-state index in [0.29, 0.717) is 0 Å². The van der Waals surface area contributed by atoms with Crippen molar-refractivity contribution >= 4 is 0 Å². The third-order valence-electron chi connectivity index (χ3n) is 2.19. The highest BCUT2D eigenvalue weighted by Gasteiger charge is 2.31. The molecule has 0 spiro atoms. The van der Waals surface area contributed by atoms with E-state index in [4.69, 9.17) is 0 Å². The first kappa shape index (κ1) is 14.6. The second-order valence-electron chi connectivity index (χ2n) is 3.41. The monoisotopic (exact) mass is 272 g/mol. The maximum absolute atomic E-state index is 13.5. The van der Waals surface area contributed by atoms with Gasteiger partial charge in [-0.1, -0.05) is 18.2 Å². The second-order valence-corrected chi connectivity index (χ2v) is 3.41. The highest BCUT2D eigenvalue weighted by molar-refractivity contribution is 5.17. The molecule has 0 amide bonds. The minimum atomic E-state index is -1.43. The molecule has 104 valence electrons. The van der Waals surface area contributed by atoms with Crippen LogP contribution in [-0.4, -0.2) is 30.1 Å². The van der Waals surface area contributed by atoms with Gasteiger partial charge < -0.3 is 20.1 Å². The minimum absolute atomic E-state index is 0.0119. The molecular weight excluding hydrogens is 259 g/mol. The number of nitrogens with zero attached hydrogens (tertiary/aromatic N) is 4. The molecule has 0 atom stereocenters. The molecule has 0 aliphatic carbocycles. The largest absolute Gasteiger partial charge is 0.592 e. The van der Waals surface area contributed by atoms with Crippen LogP contribution in [0.4, 0.5) is 4.39 Å². The predicted molar refractivity (Wildman–Crippen MR) is 60.0 cm³/mol. The molecule has 0 aromatic heterocycles. The Morgan fingerprint density at radius 1 is 1.16 bits per heavy atom. The van der Waals surface area contributed by atoms with Gasteiger partial charge in [-0.3, -0.25) is 0 Å². The van der Waals surface area contributed by atoms with E-state index in [1.165, 1.54) is 18.2 Å². The number of hydrogen-bond donors (Lipinski definition) is 0. The van der Waals surface area contributed by atoms with Gasteiger partial charge in [-0.15, -0.1) is 0 Å². The van der Waals surface area contributed by atoms with Crippen LogP contribution < -0.4 is 0 Å². The lowest BCUT2D eigenvalue weighted by molar-refractivity contribution is -0.796. The summed E-state index contributed by atoms with van der Waals surface area (Å²) in [6.07, 6.45) is -1.67. The molecule has 9 heteroatoms. The Bertz CT molecular complexity index is 460. The highest BCUT2D eigenvalue weighted by Crippen LogP contribution is 2.12. The smallest absolute Gasteiger partial charge is 0.420 e. The number of halogens is 1. The van der Waals surface area contributed by atoms with Crippen molar-refractivity contribution in [2.75, 3.05) is 14.2 Å². The molecule has 8 nitrogen and oxygen atoms in total. The summed E-state index contributed by atoms with van der Waals surface area (Å²) in [4.78, 5) is 8.53. The Morgan fingerprint density at radius 3 is 2.16 bits per heavy atom. The maximum atomic E-state index is 13.5. The van der Waals surface area contributed by atoms with Crippen LogP contribution in [0.5, 0.6) is 0 Å². The lowest BCUT2D eigenvalue weighted by Gasteiger charge is -2.10. The first-order valence-corrected chi connectivity index (χ1v) is 5.24. The fraction of sp³-hybridized carbons (Fsp3) is 0.400. The van der Waals surface area contributed by atoms with Crippen molar-refractivity contribution in [1.29, 1.82) is 0 Å².